The number of carbonyl (C=O) groups excluding carboxylic acids is 2. The molecule has 7 nitrogen and oxygen atoms in total. The monoisotopic (exact) mass is 448 g/mol. The number of rotatable bonds is 5. The summed E-state index contributed by atoms with van der Waals surface area (Å²) in [5.74, 6) is -1.53. The molecule has 0 saturated carbocycles. The zero-order valence-electron chi connectivity index (χ0n) is 16.5. The molecule has 0 radical (unpaired) electrons. The smallest absolute Gasteiger partial charge is 0.267 e. The fraction of sp³-hybridized carbons (Fsp3) is 0.286. The number of aldehydes is 1. The number of alkyl halides is 1. The first-order valence-corrected chi connectivity index (χ1v) is 9.91. The molecule has 0 bridgehead atoms. The highest BCUT2D eigenvalue weighted by molar-refractivity contribution is 6.34. The van der Waals surface area contributed by atoms with Gasteiger partial charge in [0, 0.05) is 19.2 Å². The summed E-state index contributed by atoms with van der Waals surface area (Å²) in [6, 6.07) is 7.51. The number of piperidine rings is 1. The Bertz CT molecular complexity index is 1180. The zero-order chi connectivity index (χ0) is 22.3. The molecule has 162 valence electrons. The molecule has 1 aliphatic rings. The van der Waals surface area contributed by atoms with Gasteiger partial charge in [0.15, 0.2) is 6.29 Å². The lowest BCUT2D eigenvalue weighted by Gasteiger charge is -2.36. The van der Waals surface area contributed by atoms with Crippen molar-refractivity contribution in [1.82, 2.24) is 9.61 Å². The van der Waals surface area contributed by atoms with E-state index in [0.717, 1.165) is 0 Å². The van der Waals surface area contributed by atoms with Gasteiger partial charge in [-0.1, -0.05) is 11.6 Å². The molecule has 31 heavy (non-hydrogen) atoms. The molecular formula is C21H19ClF2N4O3. The Morgan fingerprint density at radius 3 is 2.77 bits per heavy atom. The van der Waals surface area contributed by atoms with Crippen LogP contribution in [0.1, 0.15) is 27.3 Å². The third-order valence-electron chi connectivity index (χ3n) is 5.50. The molecule has 2 atom stereocenters. The zero-order valence-corrected chi connectivity index (χ0v) is 17.3. The van der Waals surface area contributed by atoms with Crippen LogP contribution in [0.2, 0.25) is 5.02 Å². The standard InChI is InChI=1S/C21H19ClF2N4O3/c1-31-19-6-7-27(9-14(19)23)16-4-2-11(20(24)12(16)10-29)15-3-5-17-13(22)8-18(21(25)30)28(17)26-15/h2-5,8,10,14,19H,6-7,9H2,1H3,(H2,25,30). The average molecular weight is 449 g/mol. The summed E-state index contributed by atoms with van der Waals surface area (Å²) in [6.45, 7) is 0.415. The average Bonchev–Trinajstić information content (AvgIpc) is 3.09. The summed E-state index contributed by atoms with van der Waals surface area (Å²) >= 11 is 6.10. The van der Waals surface area contributed by atoms with Crippen LogP contribution in [0.25, 0.3) is 16.8 Å². The minimum Gasteiger partial charge on any atom is -0.378 e. The molecule has 1 amide bonds. The van der Waals surface area contributed by atoms with E-state index in [0.29, 0.717) is 30.5 Å². The van der Waals surface area contributed by atoms with Crippen LogP contribution in [0.5, 0.6) is 0 Å². The maximum atomic E-state index is 15.3. The van der Waals surface area contributed by atoms with Crippen molar-refractivity contribution in [2.24, 2.45) is 5.73 Å². The van der Waals surface area contributed by atoms with E-state index in [1.807, 2.05) is 0 Å². The molecule has 1 aromatic carbocycles. The van der Waals surface area contributed by atoms with Crippen molar-refractivity contribution in [2.45, 2.75) is 18.7 Å². The molecule has 2 unspecified atom stereocenters. The van der Waals surface area contributed by atoms with E-state index in [-0.39, 0.29) is 34.1 Å². The number of primary amides is 1. The lowest BCUT2D eigenvalue weighted by molar-refractivity contribution is 0.0197. The number of hydrogen-bond acceptors (Lipinski definition) is 5. The molecule has 0 aliphatic carbocycles. The van der Waals surface area contributed by atoms with Gasteiger partial charge in [-0.05, 0) is 36.8 Å². The van der Waals surface area contributed by atoms with Crippen LogP contribution in [0.15, 0.2) is 30.3 Å². The lowest BCUT2D eigenvalue weighted by Crippen LogP contribution is -2.45. The SMILES string of the molecule is COC1CCN(c2ccc(-c3ccc4c(Cl)cc(C(N)=O)n4n3)c(F)c2C=O)CC1F. The van der Waals surface area contributed by atoms with E-state index >= 15 is 4.39 Å². The molecule has 0 spiro atoms. The Hall–Kier alpha value is -3.04. The van der Waals surface area contributed by atoms with Gasteiger partial charge >= 0.3 is 0 Å². The molecule has 1 fully saturated rings. The third kappa shape index (κ3) is 3.64. The second-order valence-corrected chi connectivity index (χ2v) is 7.67. The third-order valence-corrected chi connectivity index (χ3v) is 5.80. The first-order chi connectivity index (χ1) is 14.8. The van der Waals surface area contributed by atoms with Gasteiger partial charge in [0.2, 0.25) is 0 Å². The summed E-state index contributed by atoms with van der Waals surface area (Å²) in [4.78, 5) is 25.0. The minimum absolute atomic E-state index is 0.00776. The van der Waals surface area contributed by atoms with Crippen LogP contribution in [0.4, 0.5) is 14.5 Å². The second kappa shape index (κ2) is 8.24. The number of methoxy groups -OCH3 is 1. The summed E-state index contributed by atoms with van der Waals surface area (Å²) in [5, 5.41) is 4.56. The predicted octanol–water partition coefficient (Wildman–Crippen LogP) is 3.27. The summed E-state index contributed by atoms with van der Waals surface area (Å²) < 4.78 is 36.0. The van der Waals surface area contributed by atoms with Crippen molar-refractivity contribution < 1.29 is 23.1 Å². The second-order valence-electron chi connectivity index (χ2n) is 7.26. The van der Waals surface area contributed by atoms with Gasteiger partial charge in [-0.25, -0.2) is 13.3 Å². The van der Waals surface area contributed by atoms with Gasteiger partial charge in [-0.2, -0.15) is 5.10 Å². The van der Waals surface area contributed by atoms with Gasteiger partial charge in [0.1, 0.15) is 17.7 Å². The highest BCUT2D eigenvalue weighted by Gasteiger charge is 2.31. The number of benzene rings is 1. The van der Waals surface area contributed by atoms with Crippen LogP contribution < -0.4 is 10.6 Å². The Morgan fingerprint density at radius 2 is 2.13 bits per heavy atom. The molecule has 3 aromatic rings. The Morgan fingerprint density at radius 1 is 1.35 bits per heavy atom. The van der Waals surface area contributed by atoms with Gasteiger partial charge in [-0.3, -0.25) is 9.59 Å². The largest absolute Gasteiger partial charge is 0.378 e. The molecule has 1 aliphatic heterocycles. The summed E-state index contributed by atoms with van der Waals surface area (Å²) in [7, 11) is 1.45. The first kappa shape index (κ1) is 21.2. The Kier molecular flexibility index (Phi) is 5.63. The van der Waals surface area contributed by atoms with E-state index < -0.39 is 24.0 Å². The van der Waals surface area contributed by atoms with Crippen molar-refractivity contribution in [1.29, 1.82) is 0 Å². The van der Waals surface area contributed by atoms with Crippen LogP contribution in [-0.4, -0.2) is 54.3 Å². The number of anilines is 1. The number of aromatic nitrogens is 2. The van der Waals surface area contributed by atoms with Crippen LogP contribution in [0, 0.1) is 5.82 Å². The molecule has 1 saturated heterocycles. The van der Waals surface area contributed by atoms with E-state index in [9.17, 15) is 14.0 Å². The number of carbonyl (C=O) groups is 2. The Balaban J connectivity index is 1.76. The quantitative estimate of drug-likeness (QED) is 0.605. The van der Waals surface area contributed by atoms with Crippen molar-refractivity contribution in [3.05, 3.63) is 52.4 Å². The fourth-order valence-electron chi connectivity index (χ4n) is 3.90. The maximum absolute atomic E-state index is 15.3. The number of nitrogens with zero attached hydrogens (tertiary/aromatic N) is 3. The molecule has 10 heteroatoms. The van der Waals surface area contributed by atoms with Crippen LogP contribution in [0.3, 0.4) is 0 Å². The minimum atomic E-state index is -1.25. The first-order valence-electron chi connectivity index (χ1n) is 9.53. The van der Waals surface area contributed by atoms with Gasteiger partial charge < -0.3 is 15.4 Å². The number of amides is 1. The summed E-state index contributed by atoms with van der Waals surface area (Å²) in [5.41, 5.74) is 6.18. The highest BCUT2D eigenvalue weighted by Crippen LogP contribution is 2.33. The number of ether oxygens (including phenoxy) is 1. The van der Waals surface area contributed by atoms with Gasteiger partial charge in [0.05, 0.1) is 40.1 Å². The number of halogens is 3. The normalized spacial score (nSPS) is 19.0. The van der Waals surface area contributed by atoms with Crippen molar-refractivity contribution in [3.63, 3.8) is 0 Å². The van der Waals surface area contributed by atoms with E-state index in [1.54, 1.807) is 17.0 Å². The molecule has 2 aromatic heterocycles. The lowest BCUT2D eigenvalue weighted by atomic mass is 10.0. The Labute approximate surface area is 181 Å². The number of hydrogen-bond donors (Lipinski definition) is 1. The van der Waals surface area contributed by atoms with Crippen LogP contribution >= 0.6 is 11.6 Å². The topological polar surface area (TPSA) is 89.9 Å². The summed E-state index contributed by atoms with van der Waals surface area (Å²) in [6.07, 6.45) is -0.953. The number of nitrogens with two attached hydrogens (primary N) is 1. The van der Waals surface area contributed by atoms with Crippen LogP contribution in [-0.2, 0) is 4.74 Å². The highest BCUT2D eigenvalue weighted by atomic mass is 35.5. The van der Waals surface area contributed by atoms with Gasteiger partial charge in [-0.15, -0.1) is 0 Å². The molecule has 3 heterocycles. The maximum Gasteiger partial charge on any atom is 0.267 e. The van der Waals surface area contributed by atoms with Crippen molar-refractivity contribution >= 4 is 35.0 Å². The van der Waals surface area contributed by atoms with E-state index in [4.69, 9.17) is 22.1 Å². The van der Waals surface area contributed by atoms with Gasteiger partial charge in [0.25, 0.3) is 5.91 Å². The van der Waals surface area contributed by atoms with E-state index in [2.05, 4.69) is 5.10 Å². The number of fused-ring (bicyclic) bond motifs is 1. The fourth-order valence-corrected chi connectivity index (χ4v) is 4.14. The van der Waals surface area contributed by atoms with Crippen molar-refractivity contribution in [3.8, 4) is 11.3 Å². The predicted molar refractivity (Wildman–Crippen MR) is 112 cm³/mol. The van der Waals surface area contributed by atoms with Crippen molar-refractivity contribution in [2.75, 3.05) is 25.1 Å². The molecular weight excluding hydrogens is 430 g/mol. The molecule has 2 N–H and O–H groups in total. The molecule has 4 rings (SSSR count). The van der Waals surface area contributed by atoms with E-state index in [1.165, 1.54) is 29.8 Å².